The van der Waals surface area contributed by atoms with Crippen molar-refractivity contribution in [2.24, 2.45) is 0 Å². The lowest BCUT2D eigenvalue weighted by Gasteiger charge is -2.34. The van der Waals surface area contributed by atoms with Crippen molar-refractivity contribution in [3.05, 3.63) is 48.5 Å². The second-order valence-electron chi connectivity index (χ2n) is 6.56. The van der Waals surface area contributed by atoms with E-state index in [1.165, 1.54) is 5.52 Å². The third kappa shape index (κ3) is 2.34. The molecular weight excluding hydrogens is 314 g/mol. The lowest BCUT2D eigenvalue weighted by Crippen LogP contribution is -2.35. The molecule has 0 bridgehead atoms. The average Bonchev–Trinajstić information content (AvgIpc) is 3.24. The minimum atomic E-state index is 0.488. The van der Waals surface area contributed by atoms with Gasteiger partial charge in [-0.05, 0) is 44.0 Å². The van der Waals surface area contributed by atoms with E-state index in [-0.39, 0.29) is 0 Å². The Morgan fingerprint density at radius 2 is 1.88 bits per heavy atom. The molecule has 0 atom stereocenters. The van der Waals surface area contributed by atoms with Crippen molar-refractivity contribution in [1.29, 1.82) is 0 Å². The summed E-state index contributed by atoms with van der Waals surface area (Å²) in [5, 5.41) is 12.5. The van der Waals surface area contributed by atoms with Crippen molar-refractivity contribution in [2.45, 2.75) is 25.8 Å². The number of aromatic nitrogens is 6. The molecule has 1 fully saturated rings. The van der Waals surface area contributed by atoms with Crippen molar-refractivity contribution in [2.75, 3.05) is 18.0 Å². The first-order chi connectivity index (χ1) is 12.3. The molecule has 7 heteroatoms. The molecule has 1 saturated heterocycles. The summed E-state index contributed by atoms with van der Waals surface area (Å²) < 4.78 is 4.14. The smallest absolute Gasteiger partial charge is 0.177 e. The van der Waals surface area contributed by atoms with E-state index in [1.54, 1.807) is 10.8 Å². The zero-order valence-electron chi connectivity index (χ0n) is 14.1. The van der Waals surface area contributed by atoms with Gasteiger partial charge in [-0.2, -0.15) is 4.52 Å². The van der Waals surface area contributed by atoms with Crippen LogP contribution in [0.2, 0.25) is 0 Å². The van der Waals surface area contributed by atoms with Gasteiger partial charge in [-0.1, -0.05) is 12.1 Å². The van der Waals surface area contributed by atoms with Gasteiger partial charge in [0.15, 0.2) is 5.65 Å². The van der Waals surface area contributed by atoms with Crippen molar-refractivity contribution in [3.8, 4) is 0 Å². The number of aryl methyl sites for hydroxylation is 1. The van der Waals surface area contributed by atoms with Crippen LogP contribution in [0, 0.1) is 6.92 Å². The number of benzene rings is 1. The molecule has 5 rings (SSSR count). The monoisotopic (exact) mass is 333 g/mol. The van der Waals surface area contributed by atoms with Gasteiger partial charge in [0.25, 0.3) is 0 Å². The Labute approximate surface area is 144 Å². The van der Waals surface area contributed by atoms with Crippen molar-refractivity contribution in [1.82, 2.24) is 29.4 Å². The van der Waals surface area contributed by atoms with Gasteiger partial charge in [-0.15, -0.1) is 15.3 Å². The van der Waals surface area contributed by atoms with Crippen LogP contribution >= 0.6 is 0 Å². The van der Waals surface area contributed by atoms with Gasteiger partial charge in [0, 0.05) is 19.1 Å². The van der Waals surface area contributed by atoms with Crippen LogP contribution in [-0.2, 0) is 0 Å². The van der Waals surface area contributed by atoms with E-state index in [2.05, 4.69) is 56.0 Å². The molecule has 4 heterocycles. The fourth-order valence-electron chi connectivity index (χ4n) is 3.87. The molecule has 126 valence electrons. The molecule has 7 nitrogen and oxygen atoms in total. The minimum Gasteiger partial charge on any atom is -0.355 e. The number of hydrogen-bond acceptors (Lipinski definition) is 5. The van der Waals surface area contributed by atoms with E-state index < -0.39 is 0 Å². The van der Waals surface area contributed by atoms with Crippen LogP contribution in [-0.4, -0.2) is 42.5 Å². The first-order valence-electron chi connectivity index (χ1n) is 8.65. The topological polar surface area (TPSA) is 64.1 Å². The largest absolute Gasteiger partial charge is 0.355 e. The molecule has 1 aliphatic rings. The van der Waals surface area contributed by atoms with E-state index in [0.29, 0.717) is 6.04 Å². The van der Waals surface area contributed by atoms with E-state index in [9.17, 15) is 0 Å². The minimum absolute atomic E-state index is 0.488. The summed E-state index contributed by atoms with van der Waals surface area (Å²) in [5.74, 6) is 2.08. The fourth-order valence-corrected chi connectivity index (χ4v) is 3.87. The van der Waals surface area contributed by atoms with E-state index in [1.807, 2.05) is 12.1 Å². The molecule has 3 aromatic heterocycles. The molecule has 1 aliphatic heterocycles. The van der Waals surface area contributed by atoms with Crippen molar-refractivity contribution in [3.63, 3.8) is 0 Å². The Bertz CT molecular complexity index is 1040. The van der Waals surface area contributed by atoms with Gasteiger partial charge < -0.3 is 9.47 Å². The molecule has 0 radical (unpaired) electrons. The molecule has 0 amide bonds. The summed E-state index contributed by atoms with van der Waals surface area (Å²) in [5.41, 5.74) is 3.10. The molecule has 0 spiro atoms. The number of fused-ring (bicyclic) bond motifs is 2. The highest BCUT2D eigenvalue weighted by molar-refractivity contribution is 5.76. The number of para-hydroxylation sites is 2. The number of piperidine rings is 1. The van der Waals surface area contributed by atoms with Gasteiger partial charge in [0.2, 0.25) is 0 Å². The molecule has 0 unspecified atom stereocenters. The molecule has 25 heavy (non-hydrogen) atoms. The van der Waals surface area contributed by atoms with Gasteiger partial charge in [-0.25, -0.2) is 4.98 Å². The summed E-state index contributed by atoms with van der Waals surface area (Å²) in [6.45, 7) is 4.07. The Morgan fingerprint density at radius 3 is 2.76 bits per heavy atom. The summed E-state index contributed by atoms with van der Waals surface area (Å²) in [6.07, 6.45) is 3.82. The van der Waals surface area contributed by atoms with Crippen LogP contribution in [0.3, 0.4) is 0 Å². The maximum Gasteiger partial charge on any atom is 0.177 e. The Balaban J connectivity index is 1.39. The predicted molar refractivity (Wildman–Crippen MR) is 95.7 cm³/mol. The van der Waals surface area contributed by atoms with Crippen LogP contribution in [0.4, 0.5) is 5.82 Å². The number of rotatable bonds is 2. The molecular formula is C18H19N7. The second kappa shape index (κ2) is 5.54. The molecule has 1 aromatic carbocycles. The summed E-state index contributed by atoms with van der Waals surface area (Å²) >= 11 is 0. The lowest BCUT2D eigenvalue weighted by molar-refractivity contribution is 0.396. The van der Waals surface area contributed by atoms with E-state index >= 15 is 0 Å². The van der Waals surface area contributed by atoms with E-state index in [0.717, 1.165) is 48.7 Å². The fraction of sp³-hybridized carbons (Fsp3) is 0.333. The van der Waals surface area contributed by atoms with Gasteiger partial charge >= 0.3 is 0 Å². The van der Waals surface area contributed by atoms with Crippen molar-refractivity contribution >= 4 is 22.5 Å². The SMILES string of the molecule is Cc1nc2ccccc2n1C1CCN(c2ccc3nncn3n2)CC1. The summed E-state index contributed by atoms with van der Waals surface area (Å²) in [7, 11) is 0. The van der Waals surface area contributed by atoms with Crippen LogP contribution in [0.1, 0.15) is 24.7 Å². The Kier molecular flexibility index (Phi) is 3.19. The third-order valence-electron chi connectivity index (χ3n) is 5.07. The normalized spacial score (nSPS) is 16.1. The standard InChI is InChI=1S/C18H19N7/c1-13-20-15-4-2-3-5-16(15)25(13)14-8-10-23(11-9-14)18-7-6-17-21-19-12-24(17)22-18/h2-7,12,14H,8-11H2,1H3. The first kappa shape index (κ1) is 14.4. The van der Waals surface area contributed by atoms with Crippen molar-refractivity contribution < 1.29 is 0 Å². The summed E-state index contributed by atoms with van der Waals surface area (Å²) in [6, 6.07) is 12.9. The third-order valence-corrected chi connectivity index (χ3v) is 5.07. The zero-order valence-corrected chi connectivity index (χ0v) is 14.1. The number of hydrogen-bond donors (Lipinski definition) is 0. The highest BCUT2D eigenvalue weighted by Crippen LogP contribution is 2.30. The molecule has 0 N–H and O–H groups in total. The lowest BCUT2D eigenvalue weighted by atomic mass is 10.0. The molecule has 0 aliphatic carbocycles. The molecule has 0 saturated carbocycles. The molecule has 4 aromatic rings. The Morgan fingerprint density at radius 1 is 1.04 bits per heavy atom. The number of nitrogens with zero attached hydrogens (tertiary/aromatic N) is 7. The highest BCUT2D eigenvalue weighted by Gasteiger charge is 2.24. The van der Waals surface area contributed by atoms with Gasteiger partial charge in [-0.3, -0.25) is 0 Å². The highest BCUT2D eigenvalue weighted by atomic mass is 15.4. The summed E-state index contributed by atoms with van der Waals surface area (Å²) in [4.78, 5) is 7.05. The van der Waals surface area contributed by atoms with Crippen LogP contribution in [0.15, 0.2) is 42.7 Å². The van der Waals surface area contributed by atoms with Gasteiger partial charge in [0.1, 0.15) is 18.0 Å². The van der Waals surface area contributed by atoms with Crippen LogP contribution < -0.4 is 4.90 Å². The number of imidazole rings is 1. The van der Waals surface area contributed by atoms with Gasteiger partial charge in [0.05, 0.1) is 11.0 Å². The maximum atomic E-state index is 4.71. The van der Waals surface area contributed by atoms with Crippen LogP contribution in [0.25, 0.3) is 16.7 Å². The maximum absolute atomic E-state index is 4.71. The Hall–Kier alpha value is -2.96. The zero-order chi connectivity index (χ0) is 16.8. The number of anilines is 1. The van der Waals surface area contributed by atoms with E-state index in [4.69, 9.17) is 4.98 Å². The van der Waals surface area contributed by atoms with Crippen LogP contribution in [0.5, 0.6) is 0 Å². The average molecular weight is 333 g/mol. The first-order valence-corrected chi connectivity index (χ1v) is 8.65. The predicted octanol–water partition coefficient (Wildman–Crippen LogP) is 2.62. The quantitative estimate of drug-likeness (QED) is 0.564. The second-order valence-corrected chi connectivity index (χ2v) is 6.56.